The van der Waals surface area contributed by atoms with E-state index in [1.165, 1.54) is 10.9 Å². The van der Waals surface area contributed by atoms with Crippen LogP contribution in [0.1, 0.15) is 0 Å². The van der Waals surface area contributed by atoms with Crippen LogP contribution in [-0.2, 0) is 7.05 Å². The molecule has 2 aromatic heterocycles. The molecule has 0 aliphatic rings. The van der Waals surface area contributed by atoms with Crippen LogP contribution in [0.25, 0.3) is 11.0 Å². The van der Waals surface area contributed by atoms with E-state index in [4.69, 9.17) is 0 Å². The SMILES string of the molecule is Cn1ncc2c(=O)[nH][n+]([O-])nc21. The highest BCUT2D eigenvalue weighted by atomic mass is 16.5. The van der Waals surface area contributed by atoms with Crippen molar-refractivity contribution in [3.05, 3.63) is 21.8 Å². The summed E-state index contributed by atoms with van der Waals surface area (Å²) in [5.74, 6) is 0. The summed E-state index contributed by atoms with van der Waals surface area (Å²) in [6, 6.07) is 0. The number of aromatic nitrogens is 5. The van der Waals surface area contributed by atoms with Crippen molar-refractivity contribution in [3.8, 4) is 0 Å². The third-order valence-electron chi connectivity index (χ3n) is 1.53. The Morgan fingerprint density at radius 2 is 2.50 bits per heavy atom. The largest absolute Gasteiger partial charge is 0.571 e. The van der Waals surface area contributed by atoms with Gasteiger partial charge in [0.05, 0.1) is 11.3 Å². The molecule has 1 N–H and O–H groups in total. The molecule has 0 atom stereocenters. The van der Waals surface area contributed by atoms with Crippen LogP contribution in [0.5, 0.6) is 0 Å². The minimum Gasteiger partial charge on any atom is -0.571 e. The number of aromatic amines is 1. The van der Waals surface area contributed by atoms with Crippen molar-refractivity contribution in [2.45, 2.75) is 0 Å². The maximum absolute atomic E-state index is 11.0. The molecule has 0 aliphatic carbocycles. The topological polar surface area (TPSA) is 90.5 Å². The predicted octanol–water partition coefficient (Wildman–Crippen LogP) is -1.71. The van der Waals surface area contributed by atoms with Crippen LogP contribution in [-0.4, -0.2) is 20.0 Å². The second-order valence-corrected chi connectivity index (χ2v) is 2.32. The first kappa shape index (κ1) is 6.77. The van der Waals surface area contributed by atoms with Gasteiger partial charge in [-0.25, -0.2) is 4.68 Å². The molecular weight excluding hydrogens is 162 g/mol. The number of hydrogen-bond acceptors (Lipinski definition) is 4. The Morgan fingerprint density at radius 3 is 3.25 bits per heavy atom. The molecule has 0 saturated heterocycles. The van der Waals surface area contributed by atoms with Gasteiger partial charge in [0.1, 0.15) is 5.39 Å². The summed E-state index contributed by atoms with van der Waals surface area (Å²) < 4.78 is 1.36. The summed E-state index contributed by atoms with van der Waals surface area (Å²) >= 11 is 0. The van der Waals surface area contributed by atoms with Gasteiger partial charge in [-0.05, 0) is 0 Å². The Labute approximate surface area is 65.8 Å². The van der Waals surface area contributed by atoms with Crippen molar-refractivity contribution < 1.29 is 4.96 Å². The fourth-order valence-corrected chi connectivity index (χ4v) is 0.968. The molecule has 62 valence electrons. The Bertz CT molecular complexity index is 484. The van der Waals surface area contributed by atoms with Gasteiger partial charge in [-0.15, -0.1) is 0 Å². The molecular formula is C5H5N5O2. The molecule has 0 radical (unpaired) electrons. The molecule has 0 aromatic carbocycles. The fraction of sp³-hybridized carbons (Fsp3) is 0.200. The lowest BCUT2D eigenvalue weighted by atomic mass is 10.4. The van der Waals surface area contributed by atoms with Crippen molar-refractivity contribution in [1.82, 2.24) is 20.0 Å². The molecule has 2 rings (SSSR count). The van der Waals surface area contributed by atoms with Gasteiger partial charge in [0.15, 0.2) is 0 Å². The first-order valence-electron chi connectivity index (χ1n) is 3.20. The van der Waals surface area contributed by atoms with Gasteiger partial charge in [0, 0.05) is 12.0 Å². The molecule has 7 heteroatoms. The minimum atomic E-state index is -0.483. The zero-order valence-electron chi connectivity index (χ0n) is 6.18. The average Bonchev–Trinajstić information content (AvgIpc) is 2.33. The van der Waals surface area contributed by atoms with E-state index in [9.17, 15) is 10.0 Å². The lowest BCUT2D eigenvalue weighted by molar-refractivity contribution is -0.727. The van der Waals surface area contributed by atoms with Crippen molar-refractivity contribution in [2.75, 3.05) is 0 Å². The van der Waals surface area contributed by atoms with E-state index in [1.807, 2.05) is 5.10 Å². The second-order valence-electron chi connectivity index (χ2n) is 2.32. The standard InChI is InChI=1S/C5H5N5O2/c1-9-4-3(2-6-9)5(11)8-10(12)7-4/h2H,1H3,(H,7,8,11). The summed E-state index contributed by atoms with van der Waals surface area (Å²) in [6.07, 6.45) is 1.36. The molecule has 7 nitrogen and oxygen atoms in total. The molecule has 0 amide bonds. The van der Waals surface area contributed by atoms with Gasteiger partial charge in [-0.3, -0.25) is 4.79 Å². The Hall–Kier alpha value is -1.92. The second kappa shape index (κ2) is 2.03. The Balaban J connectivity index is 3.03. The van der Waals surface area contributed by atoms with E-state index in [2.05, 4.69) is 10.2 Å². The first-order valence-corrected chi connectivity index (χ1v) is 3.20. The van der Waals surface area contributed by atoms with E-state index in [-0.39, 0.29) is 10.6 Å². The summed E-state index contributed by atoms with van der Waals surface area (Å²) in [7, 11) is 1.61. The van der Waals surface area contributed by atoms with Crippen LogP contribution in [0.4, 0.5) is 0 Å². The van der Waals surface area contributed by atoms with Crippen LogP contribution in [0.3, 0.4) is 0 Å². The molecule has 0 bridgehead atoms. The van der Waals surface area contributed by atoms with Crippen molar-refractivity contribution in [1.29, 1.82) is 0 Å². The minimum absolute atomic E-state index is 0.117. The van der Waals surface area contributed by atoms with E-state index in [0.717, 1.165) is 0 Å². The van der Waals surface area contributed by atoms with Gasteiger partial charge in [-0.1, -0.05) is 5.10 Å². The quantitative estimate of drug-likeness (QED) is 0.373. The Morgan fingerprint density at radius 1 is 1.75 bits per heavy atom. The third-order valence-corrected chi connectivity index (χ3v) is 1.53. The highest BCUT2D eigenvalue weighted by Gasteiger charge is 2.08. The van der Waals surface area contributed by atoms with E-state index in [1.54, 1.807) is 7.05 Å². The summed E-state index contributed by atoms with van der Waals surface area (Å²) in [5, 5.41) is 20.2. The molecule has 12 heavy (non-hydrogen) atoms. The van der Waals surface area contributed by atoms with Crippen LogP contribution in [0.15, 0.2) is 11.0 Å². The predicted molar refractivity (Wildman–Crippen MR) is 38.1 cm³/mol. The van der Waals surface area contributed by atoms with E-state index < -0.39 is 5.56 Å². The number of fused-ring (bicyclic) bond motifs is 1. The number of aryl methyl sites for hydroxylation is 1. The maximum Gasteiger partial charge on any atom is 0.314 e. The van der Waals surface area contributed by atoms with Gasteiger partial charge in [-0.2, -0.15) is 5.10 Å². The molecule has 2 heterocycles. The highest BCUT2D eigenvalue weighted by Crippen LogP contribution is 1.99. The maximum atomic E-state index is 11.0. The van der Waals surface area contributed by atoms with Gasteiger partial charge < -0.3 is 5.21 Å². The zero-order chi connectivity index (χ0) is 8.72. The molecule has 2 aromatic rings. The zero-order valence-corrected chi connectivity index (χ0v) is 6.18. The summed E-state index contributed by atoms with van der Waals surface area (Å²) in [5.41, 5.74) is -0.211. The monoisotopic (exact) mass is 167 g/mol. The van der Waals surface area contributed by atoms with Crippen LogP contribution in [0.2, 0.25) is 0 Å². The lowest BCUT2D eigenvalue weighted by Crippen LogP contribution is -2.41. The third kappa shape index (κ3) is 0.760. The van der Waals surface area contributed by atoms with Crippen molar-refractivity contribution >= 4 is 11.0 Å². The average molecular weight is 167 g/mol. The number of hydrogen-bond donors (Lipinski definition) is 1. The first-order chi connectivity index (χ1) is 5.68. The molecule has 0 aliphatic heterocycles. The van der Waals surface area contributed by atoms with Crippen molar-refractivity contribution in [2.24, 2.45) is 7.05 Å². The Kier molecular flexibility index (Phi) is 1.15. The van der Waals surface area contributed by atoms with Gasteiger partial charge >= 0.3 is 5.56 Å². The smallest absolute Gasteiger partial charge is 0.314 e. The number of rotatable bonds is 0. The fourth-order valence-electron chi connectivity index (χ4n) is 0.968. The van der Waals surface area contributed by atoms with Gasteiger partial charge in [0.25, 0.3) is 0 Å². The van der Waals surface area contributed by atoms with Crippen LogP contribution < -0.4 is 10.5 Å². The lowest BCUT2D eigenvalue weighted by Gasteiger charge is -1.91. The molecule has 0 saturated carbocycles. The van der Waals surface area contributed by atoms with Crippen LogP contribution >= 0.6 is 0 Å². The summed E-state index contributed by atoms with van der Waals surface area (Å²) in [6.45, 7) is 0. The van der Waals surface area contributed by atoms with E-state index >= 15 is 0 Å². The van der Waals surface area contributed by atoms with Gasteiger partial charge in [0.2, 0.25) is 5.65 Å². The highest BCUT2D eigenvalue weighted by molar-refractivity contribution is 5.71. The number of nitrogens with zero attached hydrogens (tertiary/aromatic N) is 4. The van der Waals surface area contributed by atoms with Crippen LogP contribution in [0, 0.1) is 5.21 Å². The molecule has 0 spiro atoms. The van der Waals surface area contributed by atoms with Crippen molar-refractivity contribution in [3.63, 3.8) is 0 Å². The number of H-pyrrole nitrogens is 1. The molecule has 0 fully saturated rings. The van der Waals surface area contributed by atoms with E-state index in [0.29, 0.717) is 5.39 Å². The summed E-state index contributed by atoms with van der Waals surface area (Å²) in [4.78, 5) is 11.2. The normalized spacial score (nSPS) is 10.8. The molecule has 0 unspecified atom stereocenters. The number of nitrogens with one attached hydrogen (secondary N) is 1.